The lowest BCUT2D eigenvalue weighted by molar-refractivity contribution is -0.124. The highest BCUT2D eigenvalue weighted by molar-refractivity contribution is 9.10. The molecule has 0 spiro atoms. The maximum absolute atomic E-state index is 13.8. The van der Waals surface area contributed by atoms with E-state index < -0.39 is 11.2 Å². The molecule has 6 heteroatoms. The van der Waals surface area contributed by atoms with Crippen molar-refractivity contribution >= 4 is 33.5 Å². The molecule has 132 valence electrons. The zero-order valence-electron chi connectivity index (χ0n) is 14.1. The van der Waals surface area contributed by atoms with Gasteiger partial charge in [-0.15, -0.1) is 11.8 Å². The predicted octanol–water partition coefficient (Wildman–Crippen LogP) is 4.97. The quantitative estimate of drug-likeness (QED) is 0.668. The third-order valence-electron chi connectivity index (χ3n) is 5.32. The lowest BCUT2D eigenvalue weighted by Crippen LogP contribution is -2.38. The average Bonchev–Trinajstić information content (AvgIpc) is 3.01. The number of hydrogen-bond acceptors (Lipinski definition) is 4. The first-order valence-electron chi connectivity index (χ1n) is 8.38. The van der Waals surface area contributed by atoms with Gasteiger partial charge in [0.05, 0.1) is 10.4 Å². The highest BCUT2D eigenvalue weighted by Gasteiger charge is 2.45. The van der Waals surface area contributed by atoms with Crippen LogP contribution in [-0.2, 0) is 4.79 Å². The van der Waals surface area contributed by atoms with Crippen LogP contribution in [0.2, 0.25) is 0 Å². The molecule has 2 N–H and O–H groups in total. The first-order chi connectivity index (χ1) is 11.8. The normalized spacial score (nSPS) is 25.0. The zero-order valence-corrected chi connectivity index (χ0v) is 16.5. The molecular formula is C19H19BrFNO2S. The van der Waals surface area contributed by atoms with E-state index in [9.17, 15) is 14.3 Å². The molecule has 0 aromatic heterocycles. The van der Waals surface area contributed by atoms with E-state index in [4.69, 9.17) is 0 Å². The monoisotopic (exact) mass is 423 g/mol. The highest BCUT2D eigenvalue weighted by atomic mass is 79.9. The van der Waals surface area contributed by atoms with Crippen LogP contribution in [0.4, 0.5) is 4.39 Å². The van der Waals surface area contributed by atoms with E-state index in [0.717, 1.165) is 53.0 Å². The van der Waals surface area contributed by atoms with Crippen LogP contribution in [0.1, 0.15) is 44.6 Å². The second-order valence-corrected chi connectivity index (χ2v) is 9.42. The SMILES string of the molecule is CC1(C)CCC2=C(C1=O)C(c1cc(Br)c(F)cc1O)C1=C(CCS1)N2. The molecule has 0 radical (unpaired) electrons. The number of dihydropyridines is 1. The summed E-state index contributed by atoms with van der Waals surface area (Å²) in [6, 6.07) is 2.74. The summed E-state index contributed by atoms with van der Waals surface area (Å²) < 4.78 is 14.1. The molecule has 3 nitrogen and oxygen atoms in total. The van der Waals surface area contributed by atoms with Gasteiger partial charge in [-0.05, 0) is 41.3 Å². The van der Waals surface area contributed by atoms with Crippen molar-refractivity contribution in [1.29, 1.82) is 0 Å². The maximum atomic E-state index is 13.8. The van der Waals surface area contributed by atoms with E-state index >= 15 is 0 Å². The molecule has 25 heavy (non-hydrogen) atoms. The van der Waals surface area contributed by atoms with E-state index in [1.165, 1.54) is 0 Å². The number of nitrogens with one attached hydrogen (secondary N) is 1. The molecule has 0 saturated carbocycles. The predicted molar refractivity (Wildman–Crippen MR) is 101 cm³/mol. The van der Waals surface area contributed by atoms with Crippen molar-refractivity contribution in [3.63, 3.8) is 0 Å². The molecule has 0 saturated heterocycles. The van der Waals surface area contributed by atoms with Crippen LogP contribution in [0.5, 0.6) is 5.75 Å². The lowest BCUT2D eigenvalue weighted by Gasteiger charge is -2.39. The number of Topliss-reactive ketones (excluding diaryl/α,β-unsaturated/α-hetero) is 1. The first kappa shape index (κ1) is 17.2. The van der Waals surface area contributed by atoms with Crippen molar-refractivity contribution in [2.24, 2.45) is 5.41 Å². The Morgan fingerprint density at radius 3 is 2.84 bits per heavy atom. The van der Waals surface area contributed by atoms with Crippen LogP contribution in [0.3, 0.4) is 0 Å². The van der Waals surface area contributed by atoms with Crippen molar-refractivity contribution in [1.82, 2.24) is 5.32 Å². The Balaban J connectivity index is 1.93. The number of allylic oxidation sites excluding steroid dienone is 4. The zero-order chi connectivity index (χ0) is 17.9. The van der Waals surface area contributed by atoms with E-state index in [0.29, 0.717) is 10.0 Å². The fraction of sp³-hybridized carbons (Fsp3) is 0.421. The van der Waals surface area contributed by atoms with Gasteiger partial charge in [-0.1, -0.05) is 13.8 Å². The van der Waals surface area contributed by atoms with E-state index in [-0.39, 0.29) is 17.5 Å². The Morgan fingerprint density at radius 2 is 2.08 bits per heavy atom. The minimum Gasteiger partial charge on any atom is -0.508 e. The average molecular weight is 424 g/mol. The number of ketones is 1. The second-order valence-electron chi connectivity index (χ2n) is 7.43. The Labute approximate surface area is 158 Å². The number of carbonyl (C=O) groups excluding carboxylic acids is 1. The summed E-state index contributed by atoms with van der Waals surface area (Å²) in [5, 5.41) is 13.9. The van der Waals surface area contributed by atoms with Crippen molar-refractivity contribution in [2.75, 3.05) is 5.75 Å². The molecule has 0 bridgehead atoms. The van der Waals surface area contributed by atoms with Crippen LogP contribution in [0, 0.1) is 11.2 Å². The molecule has 1 aliphatic carbocycles. The summed E-state index contributed by atoms with van der Waals surface area (Å²) in [6.45, 7) is 3.95. The third kappa shape index (κ3) is 2.65. The molecule has 3 aliphatic rings. The molecule has 1 aromatic carbocycles. The number of rotatable bonds is 1. The van der Waals surface area contributed by atoms with Crippen LogP contribution in [0.15, 0.2) is 38.5 Å². The van der Waals surface area contributed by atoms with Crippen LogP contribution in [-0.4, -0.2) is 16.6 Å². The standard InChI is InChI=1S/C19H19BrFNO2S/c1-19(2)5-3-12-16(18(19)24)15(17-13(22-12)4-6-25-17)9-7-10(20)11(21)8-14(9)23/h7-8,15,22-23H,3-6H2,1-2H3. The fourth-order valence-electron chi connectivity index (χ4n) is 3.87. The number of benzene rings is 1. The van der Waals surface area contributed by atoms with Crippen molar-refractivity contribution < 1.29 is 14.3 Å². The van der Waals surface area contributed by atoms with Crippen LogP contribution >= 0.6 is 27.7 Å². The summed E-state index contributed by atoms with van der Waals surface area (Å²) >= 11 is 4.94. The lowest BCUT2D eigenvalue weighted by atomic mass is 9.69. The number of aromatic hydroxyl groups is 1. The molecule has 4 rings (SSSR count). The molecule has 2 aliphatic heterocycles. The minimum absolute atomic E-state index is 0.102. The summed E-state index contributed by atoms with van der Waals surface area (Å²) in [6.07, 6.45) is 2.54. The number of thioether (sulfide) groups is 1. The number of phenols is 1. The smallest absolute Gasteiger partial charge is 0.167 e. The Kier molecular flexibility index (Phi) is 4.03. The topological polar surface area (TPSA) is 49.3 Å². The number of halogens is 2. The van der Waals surface area contributed by atoms with Gasteiger partial charge in [0.1, 0.15) is 11.6 Å². The summed E-state index contributed by atoms with van der Waals surface area (Å²) in [5.74, 6) is 0.144. The molecule has 1 unspecified atom stereocenters. The van der Waals surface area contributed by atoms with Gasteiger partial charge >= 0.3 is 0 Å². The Morgan fingerprint density at radius 1 is 1.32 bits per heavy atom. The van der Waals surface area contributed by atoms with E-state index in [1.807, 2.05) is 13.8 Å². The van der Waals surface area contributed by atoms with Crippen LogP contribution < -0.4 is 5.32 Å². The van der Waals surface area contributed by atoms with Gasteiger partial charge < -0.3 is 10.4 Å². The largest absolute Gasteiger partial charge is 0.508 e. The van der Waals surface area contributed by atoms with E-state index in [2.05, 4.69) is 21.2 Å². The van der Waals surface area contributed by atoms with Gasteiger partial charge in [0.25, 0.3) is 0 Å². The molecule has 1 aromatic rings. The van der Waals surface area contributed by atoms with Gasteiger partial charge in [-0.2, -0.15) is 0 Å². The van der Waals surface area contributed by atoms with Crippen molar-refractivity contribution in [2.45, 2.75) is 39.0 Å². The summed E-state index contributed by atoms with van der Waals surface area (Å²) in [5.41, 5.74) is 3.01. The van der Waals surface area contributed by atoms with Gasteiger partial charge in [-0.3, -0.25) is 4.79 Å². The Hall–Kier alpha value is -1.27. The molecule has 1 atom stereocenters. The van der Waals surface area contributed by atoms with Gasteiger partial charge in [0.15, 0.2) is 5.78 Å². The number of carbonyl (C=O) groups is 1. The van der Waals surface area contributed by atoms with Crippen molar-refractivity contribution in [3.05, 3.63) is 49.9 Å². The molecule has 2 heterocycles. The first-order valence-corrected chi connectivity index (χ1v) is 10.2. The van der Waals surface area contributed by atoms with Crippen molar-refractivity contribution in [3.8, 4) is 5.75 Å². The van der Waals surface area contributed by atoms with Gasteiger partial charge in [0.2, 0.25) is 0 Å². The highest BCUT2D eigenvalue weighted by Crippen LogP contribution is 2.54. The molecule has 0 fully saturated rings. The second kappa shape index (κ2) is 5.88. The third-order valence-corrected chi connectivity index (χ3v) is 7.13. The minimum atomic E-state index is -0.507. The number of phenolic OH excluding ortho intramolecular Hbond substituents is 1. The summed E-state index contributed by atoms with van der Waals surface area (Å²) in [4.78, 5) is 14.3. The van der Waals surface area contributed by atoms with Gasteiger partial charge in [0, 0.05) is 44.7 Å². The fourth-order valence-corrected chi connectivity index (χ4v) is 5.50. The van der Waals surface area contributed by atoms with Gasteiger partial charge in [-0.25, -0.2) is 4.39 Å². The number of hydrogen-bond donors (Lipinski definition) is 2. The van der Waals surface area contributed by atoms with Crippen LogP contribution in [0.25, 0.3) is 0 Å². The van der Waals surface area contributed by atoms with E-state index in [1.54, 1.807) is 17.8 Å². The summed E-state index contributed by atoms with van der Waals surface area (Å²) in [7, 11) is 0. The Bertz CT molecular complexity index is 859. The molecular weight excluding hydrogens is 405 g/mol. The molecule has 0 amide bonds. The maximum Gasteiger partial charge on any atom is 0.167 e.